The average molecular weight is 149 g/mol. The van der Waals surface area contributed by atoms with Crippen LogP contribution in [0, 0.1) is 6.42 Å². The molecule has 1 aromatic heterocycles. The van der Waals surface area contributed by atoms with Gasteiger partial charge in [0.25, 0.3) is 0 Å². The molecule has 0 atom stereocenters. The van der Waals surface area contributed by atoms with E-state index in [1.54, 1.807) is 18.8 Å². The Kier molecular flexibility index (Phi) is 3.12. The first-order chi connectivity index (χ1) is 5.43. The van der Waals surface area contributed by atoms with Gasteiger partial charge >= 0.3 is 6.47 Å². The fraction of sp³-hybridized carbons (Fsp3) is 0.125. The monoisotopic (exact) mass is 149 g/mol. The smallest absolute Gasteiger partial charge is 0.417 e. The molecule has 56 valence electrons. The molecule has 11 heavy (non-hydrogen) atoms. The van der Waals surface area contributed by atoms with Gasteiger partial charge in [0, 0.05) is 18.8 Å². The maximum atomic E-state index is 9.62. The van der Waals surface area contributed by atoms with Crippen molar-refractivity contribution in [3.8, 4) is 0 Å². The number of carbonyl (C=O) groups excluding carboxylic acids is 1. The van der Waals surface area contributed by atoms with Crippen LogP contribution in [0.5, 0.6) is 0 Å². The van der Waals surface area contributed by atoms with E-state index in [1.807, 2.05) is 12.1 Å². The van der Waals surface area contributed by atoms with Crippen molar-refractivity contribution in [2.24, 2.45) is 0 Å². The van der Waals surface area contributed by atoms with E-state index in [-0.39, 0.29) is 6.61 Å². The van der Waals surface area contributed by atoms with Crippen LogP contribution in [-0.4, -0.2) is 18.1 Å². The van der Waals surface area contributed by atoms with Gasteiger partial charge in [0.2, 0.25) is 0 Å². The largest absolute Gasteiger partial charge is 0.457 e. The van der Waals surface area contributed by atoms with Gasteiger partial charge in [0.05, 0.1) is 6.61 Å². The quantitative estimate of drug-likeness (QED) is 0.592. The van der Waals surface area contributed by atoms with Gasteiger partial charge in [-0.05, 0) is 17.7 Å². The molecule has 3 nitrogen and oxygen atoms in total. The highest BCUT2D eigenvalue weighted by molar-refractivity contribution is 5.38. The summed E-state index contributed by atoms with van der Waals surface area (Å²) in [7, 11) is 0. The van der Waals surface area contributed by atoms with Crippen molar-refractivity contribution in [3.63, 3.8) is 0 Å². The van der Waals surface area contributed by atoms with Gasteiger partial charge in [0.15, 0.2) is 0 Å². The lowest BCUT2D eigenvalue weighted by molar-refractivity contribution is 0.305. The molecule has 2 radical (unpaired) electrons. The Morgan fingerprint density at radius 3 is 2.91 bits per heavy atom. The lowest BCUT2D eigenvalue weighted by Gasteiger charge is -1.96. The first kappa shape index (κ1) is 7.72. The zero-order chi connectivity index (χ0) is 7.94. The molecule has 3 heteroatoms. The van der Waals surface area contributed by atoms with E-state index < -0.39 is 0 Å². The third kappa shape index (κ3) is 2.80. The summed E-state index contributed by atoms with van der Waals surface area (Å²) < 4.78 is 4.36. The molecule has 0 aliphatic carbocycles. The summed E-state index contributed by atoms with van der Waals surface area (Å²) in [6, 6.07) is 3.66. The van der Waals surface area contributed by atoms with E-state index >= 15 is 0 Å². The second-order valence-electron chi connectivity index (χ2n) is 1.88. The maximum Gasteiger partial charge on any atom is 0.417 e. The Morgan fingerprint density at radius 1 is 1.55 bits per heavy atom. The zero-order valence-electron chi connectivity index (χ0n) is 5.86. The number of rotatable bonds is 4. The average Bonchev–Trinajstić information content (AvgIpc) is 2.07. The van der Waals surface area contributed by atoms with Crippen LogP contribution in [0.15, 0.2) is 24.5 Å². The second kappa shape index (κ2) is 4.44. The number of hydrogen-bond donors (Lipinski definition) is 0. The summed E-state index contributed by atoms with van der Waals surface area (Å²) in [4.78, 5) is 13.5. The van der Waals surface area contributed by atoms with Crippen molar-refractivity contribution in [3.05, 3.63) is 36.5 Å². The van der Waals surface area contributed by atoms with Gasteiger partial charge in [-0.15, -0.1) is 0 Å². The molecule has 0 unspecified atom stereocenters. The van der Waals surface area contributed by atoms with Crippen LogP contribution in [0.1, 0.15) is 5.56 Å². The Balaban J connectivity index is 2.33. The maximum absolute atomic E-state index is 9.62. The lowest BCUT2D eigenvalue weighted by Crippen LogP contribution is -1.93. The Bertz CT molecular complexity index is 211. The number of aromatic nitrogens is 1. The van der Waals surface area contributed by atoms with Crippen LogP contribution in [0.2, 0.25) is 0 Å². The number of pyridine rings is 1. The fourth-order valence-corrected chi connectivity index (χ4v) is 0.671. The molecule has 0 saturated carbocycles. The molecular weight excluding hydrogens is 142 g/mol. The van der Waals surface area contributed by atoms with Gasteiger partial charge in [0.1, 0.15) is 0 Å². The van der Waals surface area contributed by atoms with E-state index in [2.05, 4.69) is 9.72 Å². The van der Waals surface area contributed by atoms with Gasteiger partial charge in [-0.25, -0.2) is 4.79 Å². The van der Waals surface area contributed by atoms with Crippen LogP contribution in [0.4, 0.5) is 0 Å². The molecule has 0 spiro atoms. The Hall–Kier alpha value is -1.38. The molecule has 1 aromatic rings. The van der Waals surface area contributed by atoms with Gasteiger partial charge in [-0.1, -0.05) is 0 Å². The van der Waals surface area contributed by atoms with Crippen LogP contribution in [0.25, 0.3) is 0 Å². The minimum Gasteiger partial charge on any atom is -0.457 e. The first-order valence-electron chi connectivity index (χ1n) is 3.15. The summed E-state index contributed by atoms with van der Waals surface area (Å²) in [5.41, 5.74) is 0.982. The minimum absolute atomic E-state index is 0.257. The molecule has 0 saturated heterocycles. The Labute approximate surface area is 65.0 Å². The zero-order valence-corrected chi connectivity index (χ0v) is 5.86. The van der Waals surface area contributed by atoms with Crippen molar-refractivity contribution in [2.75, 3.05) is 6.61 Å². The van der Waals surface area contributed by atoms with Crippen molar-refractivity contribution in [1.29, 1.82) is 0 Å². The molecule has 1 rings (SSSR count). The van der Waals surface area contributed by atoms with E-state index in [0.29, 0.717) is 0 Å². The molecule has 1 heterocycles. The van der Waals surface area contributed by atoms with Crippen LogP contribution >= 0.6 is 0 Å². The highest BCUT2D eigenvalue weighted by Crippen LogP contribution is 1.98. The number of hydrogen-bond acceptors (Lipinski definition) is 3. The first-order valence-corrected chi connectivity index (χ1v) is 3.15. The van der Waals surface area contributed by atoms with Gasteiger partial charge in [-0.2, -0.15) is 0 Å². The van der Waals surface area contributed by atoms with Crippen LogP contribution in [0.3, 0.4) is 0 Å². The molecule has 0 aromatic carbocycles. The number of nitrogens with zero attached hydrogens (tertiary/aromatic N) is 1. The van der Waals surface area contributed by atoms with Gasteiger partial charge in [-0.3, -0.25) is 4.98 Å². The molecule has 0 aliphatic rings. The third-order valence-corrected chi connectivity index (χ3v) is 1.17. The highest BCUT2D eigenvalue weighted by atomic mass is 16.5. The van der Waals surface area contributed by atoms with Crippen LogP contribution < -0.4 is 0 Å². The standard InChI is InChI=1S/C8H7NO2/c10-7-11-6-3-8-1-4-9-5-2-8/h1-5H,6H2. The number of ether oxygens (including phenoxy) is 1. The van der Waals surface area contributed by atoms with Crippen LogP contribution in [-0.2, 0) is 9.53 Å². The normalized spacial score (nSPS) is 9.09. The minimum atomic E-state index is 0.257. The lowest BCUT2D eigenvalue weighted by atomic mass is 10.2. The van der Waals surface area contributed by atoms with Crippen molar-refractivity contribution in [1.82, 2.24) is 4.98 Å². The highest BCUT2D eigenvalue weighted by Gasteiger charge is 1.91. The van der Waals surface area contributed by atoms with E-state index in [9.17, 15) is 4.79 Å². The van der Waals surface area contributed by atoms with Crippen molar-refractivity contribution < 1.29 is 9.53 Å². The van der Waals surface area contributed by atoms with Crippen molar-refractivity contribution >= 4 is 6.47 Å². The summed E-state index contributed by atoms with van der Waals surface area (Å²) in [6.07, 6.45) is 5.12. The molecular formula is C8H7NO2. The molecule has 0 bridgehead atoms. The molecule has 0 aliphatic heterocycles. The van der Waals surface area contributed by atoms with Gasteiger partial charge < -0.3 is 4.74 Å². The SMILES string of the molecule is O=[C]OC[CH]c1ccncc1. The van der Waals surface area contributed by atoms with E-state index in [0.717, 1.165) is 5.56 Å². The predicted octanol–water partition coefficient (Wildman–Crippen LogP) is 0.718. The fourth-order valence-electron chi connectivity index (χ4n) is 0.671. The summed E-state index contributed by atoms with van der Waals surface area (Å²) in [5.74, 6) is 0. The molecule has 0 fully saturated rings. The molecule has 0 amide bonds. The summed E-state index contributed by atoms with van der Waals surface area (Å²) in [5, 5.41) is 0. The molecule has 0 N–H and O–H groups in total. The predicted molar refractivity (Wildman–Crippen MR) is 39.3 cm³/mol. The second-order valence-corrected chi connectivity index (χ2v) is 1.88. The topological polar surface area (TPSA) is 39.2 Å². The third-order valence-electron chi connectivity index (χ3n) is 1.17. The van der Waals surface area contributed by atoms with Crippen molar-refractivity contribution in [2.45, 2.75) is 0 Å². The summed E-state index contributed by atoms with van der Waals surface area (Å²) in [6.45, 7) is 1.60. The van der Waals surface area contributed by atoms with E-state index in [4.69, 9.17) is 0 Å². The van der Waals surface area contributed by atoms with E-state index in [1.165, 1.54) is 6.47 Å². The Morgan fingerprint density at radius 2 is 2.27 bits per heavy atom. The summed E-state index contributed by atoms with van der Waals surface area (Å²) >= 11 is 0.